The molecule has 0 unspecified atom stereocenters. The van der Waals surface area contributed by atoms with Gasteiger partial charge in [-0.15, -0.1) is 0 Å². The fraction of sp³-hybridized carbons (Fsp3) is 0.762. The van der Waals surface area contributed by atoms with Crippen molar-refractivity contribution in [3.63, 3.8) is 0 Å². The van der Waals surface area contributed by atoms with E-state index >= 15 is 0 Å². The first-order chi connectivity index (χ1) is 11.1. The molecule has 0 saturated heterocycles. The molecule has 24 heavy (non-hydrogen) atoms. The van der Waals surface area contributed by atoms with Crippen molar-refractivity contribution in [3.8, 4) is 0 Å². The van der Waals surface area contributed by atoms with Gasteiger partial charge in [-0.3, -0.25) is 0 Å². The summed E-state index contributed by atoms with van der Waals surface area (Å²) in [4.78, 5) is 0. The van der Waals surface area contributed by atoms with Gasteiger partial charge in [-0.05, 0) is 0 Å². The number of rotatable bonds is 0. The van der Waals surface area contributed by atoms with Crippen molar-refractivity contribution in [3.05, 3.63) is 20.1 Å². The van der Waals surface area contributed by atoms with Crippen LogP contribution in [0.3, 0.4) is 0 Å². The van der Waals surface area contributed by atoms with Gasteiger partial charge in [0.05, 0.1) is 0 Å². The zero-order valence-electron chi connectivity index (χ0n) is 15.7. The number of fused-ring (bicyclic) bond motifs is 10. The second kappa shape index (κ2) is 4.16. The molecule has 0 radical (unpaired) electrons. The van der Waals surface area contributed by atoms with E-state index in [0.717, 1.165) is 38.1 Å². The quantitative estimate of drug-likeness (QED) is 0.425. The molecule has 2 fully saturated rings. The van der Waals surface area contributed by atoms with Crippen molar-refractivity contribution in [2.45, 2.75) is 67.2 Å². The van der Waals surface area contributed by atoms with E-state index in [2.05, 4.69) is 54.9 Å². The van der Waals surface area contributed by atoms with Crippen molar-refractivity contribution in [1.82, 2.24) is 0 Å². The van der Waals surface area contributed by atoms with E-state index in [-0.39, 0.29) is 0 Å². The van der Waals surface area contributed by atoms with E-state index in [0.29, 0.717) is 21.7 Å². The van der Waals surface area contributed by atoms with Crippen LogP contribution in [-0.4, -0.2) is 40.5 Å². The molecule has 2 saturated carbocycles. The first kappa shape index (κ1) is 15.9. The summed E-state index contributed by atoms with van der Waals surface area (Å²) in [5.41, 5.74) is 6.24. The maximum atomic E-state index is 2.65. The standard InChI is InChI=1S/C21H28Se3/c1-18(2)11-7-9-20(18,5)16-13(11)15-14-12-8-10-21(6,19(12,3)4)17(14)23-24(15)22-16/h11-12H,7-10H2,1-6H3/t11-,12-,20+,21+/m1/s1. The second-order valence-corrected chi connectivity index (χ2v) is 31.2. The zero-order chi connectivity index (χ0) is 16.9. The Labute approximate surface area is 160 Å². The monoisotopic (exact) mass is 520 g/mol. The van der Waals surface area contributed by atoms with Crippen LogP contribution in [0.1, 0.15) is 67.2 Å². The minimum atomic E-state index is -0.431. The molecule has 0 spiro atoms. The average Bonchev–Trinajstić information content (AvgIpc) is 3.20. The van der Waals surface area contributed by atoms with E-state index in [1.807, 2.05) is 11.1 Å². The molecule has 0 amide bonds. The van der Waals surface area contributed by atoms with Crippen molar-refractivity contribution in [1.29, 1.82) is 0 Å². The van der Waals surface area contributed by atoms with Crippen molar-refractivity contribution in [2.24, 2.45) is 33.5 Å². The SMILES string of the molecule is CC1(C)[C@@H]2CC[C@@]1(C)C1=C2C2=[Se]([Se]1)[Se]C1=C2[C@H]2CC[C@]1(C)C2(C)C. The molecule has 130 valence electrons. The average molecular weight is 517 g/mol. The van der Waals surface area contributed by atoms with Gasteiger partial charge >= 0.3 is 161 Å². The molecule has 4 atom stereocenters. The van der Waals surface area contributed by atoms with Gasteiger partial charge in [0.25, 0.3) is 0 Å². The van der Waals surface area contributed by atoms with Gasteiger partial charge in [-0.25, -0.2) is 0 Å². The molecule has 4 bridgehead atoms. The Morgan fingerprint density at radius 2 is 1.17 bits per heavy atom. The van der Waals surface area contributed by atoms with Gasteiger partial charge in [0.15, 0.2) is 0 Å². The topological polar surface area (TPSA) is 0 Å². The third-order valence-electron chi connectivity index (χ3n) is 9.62. The summed E-state index contributed by atoms with van der Waals surface area (Å²) in [6.45, 7) is 15.7. The van der Waals surface area contributed by atoms with Crippen LogP contribution in [0.2, 0.25) is 0 Å². The Balaban J connectivity index is 1.55. The summed E-state index contributed by atoms with van der Waals surface area (Å²) in [7, 11) is -0.431. The van der Waals surface area contributed by atoms with Crippen molar-refractivity contribution >= 4 is 40.5 Å². The van der Waals surface area contributed by atoms with Crippen LogP contribution in [-0.2, 0) is 0 Å². The number of allylic oxidation sites excluding steroid dienone is 4. The molecule has 0 aromatic heterocycles. The summed E-state index contributed by atoms with van der Waals surface area (Å²) in [6.07, 6.45) is 5.95. The van der Waals surface area contributed by atoms with E-state index in [9.17, 15) is 0 Å². The second-order valence-electron chi connectivity index (χ2n) is 10.5. The molecule has 4 aliphatic carbocycles. The molecule has 0 N–H and O–H groups in total. The molecule has 0 nitrogen and oxygen atoms in total. The van der Waals surface area contributed by atoms with Crippen LogP contribution in [0.5, 0.6) is 0 Å². The summed E-state index contributed by atoms with van der Waals surface area (Å²) >= 11 is 1.80. The Morgan fingerprint density at radius 1 is 0.750 bits per heavy atom. The zero-order valence-corrected chi connectivity index (χ0v) is 20.8. The van der Waals surface area contributed by atoms with Crippen LogP contribution < -0.4 is 0 Å². The Hall–Kier alpha value is 0.908. The van der Waals surface area contributed by atoms with Gasteiger partial charge < -0.3 is 0 Å². The first-order valence-corrected chi connectivity index (χ1v) is 20.9. The van der Waals surface area contributed by atoms with E-state index in [1.54, 1.807) is 0 Å². The number of hydrogen-bond acceptors (Lipinski definition) is 0. The summed E-state index contributed by atoms with van der Waals surface area (Å²) in [6, 6.07) is 0. The van der Waals surface area contributed by atoms with Crippen LogP contribution in [0, 0.1) is 33.5 Å². The molecule has 0 aromatic rings. The maximum absolute atomic E-state index is 2.65. The molecule has 2 aliphatic heterocycles. The molecular weight excluding hydrogens is 489 g/mol. The number of hydrogen-bond donors (Lipinski definition) is 0. The van der Waals surface area contributed by atoms with E-state index < -0.39 is 9.81 Å². The normalized spacial score (nSPS) is 49.5. The molecule has 2 heterocycles. The van der Waals surface area contributed by atoms with Gasteiger partial charge in [-0.2, -0.15) is 0 Å². The molecular formula is C21H28Se3. The Bertz CT molecular complexity index is 758. The Morgan fingerprint density at radius 3 is 1.58 bits per heavy atom. The van der Waals surface area contributed by atoms with E-state index in [1.165, 1.54) is 25.7 Å². The third kappa shape index (κ3) is 1.33. The third-order valence-corrected chi connectivity index (χ3v) is 33.7. The van der Waals surface area contributed by atoms with Crippen LogP contribution in [0.4, 0.5) is 0 Å². The predicted molar refractivity (Wildman–Crippen MR) is 106 cm³/mol. The minimum absolute atomic E-state index is 0.431. The van der Waals surface area contributed by atoms with Crippen LogP contribution >= 0.6 is 0 Å². The fourth-order valence-electron chi connectivity index (χ4n) is 7.11. The predicted octanol–water partition coefficient (Wildman–Crippen LogP) is 4.08. The summed E-state index contributed by atoms with van der Waals surface area (Å²) < 4.78 is 6.20. The summed E-state index contributed by atoms with van der Waals surface area (Å²) in [5, 5.41) is 0. The molecule has 3 heteroatoms. The summed E-state index contributed by atoms with van der Waals surface area (Å²) in [5.74, 6) is 1.83. The van der Waals surface area contributed by atoms with Crippen LogP contribution in [0.15, 0.2) is 20.1 Å². The first-order valence-electron chi connectivity index (χ1n) is 9.62. The van der Waals surface area contributed by atoms with E-state index in [4.69, 9.17) is 0 Å². The van der Waals surface area contributed by atoms with Gasteiger partial charge in [0, 0.05) is 0 Å². The molecule has 6 rings (SSSR count). The molecule has 6 aliphatic rings. The van der Waals surface area contributed by atoms with Gasteiger partial charge in [-0.1, -0.05) is 0 Å². The van der Waals surface area contributed by atoms with Gasteiger partial charge in [0.1, 0.15) is 0 Å². The van der Waals surface area contributed by atoms with Gasteiger partial charge in [0.2, 0.25) is 0 Å². The Kier molecular flexibility index (Phi) is 2.76. The molecule has 0 aromatic carbocycles. The van der Waals surface area contributed by atoms with Crippen molar-refractivity contribution < 1.29 is 0 Å². The fourth-order valence-corrected chi connectivity index (χ4v) is 39.3. The van der Waals surface area contributed by atoms with Crippen LogP contribution in [0.25, 0.3) is 0 Å². The van der Waals surface area contributed by atoms with Crippen molar-refractivity contribution in [2.75, 3.05) is 0 Å².